The van der Waals surface area contributed by atoms with E-state index >= 15 is 0 Å². The first kappa shape index (κ1) is 20.1. The monoisotopic (exact) mass is 384 g/mol. The van der Waals surface area contributed by atoms with Crippen LogP contribution in [0.25, 0.3) is 0 Å². The highest BCUT2D eigenvalue weighted by molar-refractivity contribution is 5.69. The van der Waals surface area contributed by atoms with Gasteiger partial charge in [0.2, 0.25) is 0 Å². The van der Waals surface area contributed by atoms with E-state index in [0.717, 1.165) is 16.9 Å². The summed E-state index contributed by atoms with van der Waals surface area (Å²) in [4.78, 5) is 18.0. The van der Waals surface area contributed by atoms with Gasteiger partial charge in [-0.25, -0.2) is 4.79 Å². The molecule has 3 rings (SSSR count). The first-order chi connectivity index (χ1) is 13.4. The van der Waals surface area contributed by atoms with E-state index in [2.05, 4.69) is 4.98 Å². The molecule has 0 N–H and O–H groups in total. The molecule has 1 aliphatic heterocycles. The zero-order valence-electron chi connectivity index (χ0n) is 16.8. The number of ether oxygens (including phenoxy) is 3. The zero-order chi connectivity index (χ0) is 20.0. The van der Waals surface area contributed by atoms with Crippen LogP contribution < -0.4 is 4.74 Å². The van der Waals surface area contributed by atoms with Crippen molar-refractivity contribution < 1.29 is 19.0 Å². The Balaban J connectivity index is 1.44. The second-order valence-corrected chi connectivity index (χ2v) is 7.88. The fraction of sp³-hybridized carbons (Fsp3) is 0.455. The van der Waals surface area contributed by atoms with Crippen molar-refractivity contribution >= 4 is 6.09 Å². The first-order valence-electron chi connectivity index (χ1n) is 9.59. The molecule has 0 radical (unpaired) electrons. The van der Waals surface area contributed by atoms with E-state index in [1.165, 1.54) is 0 Å². The number of nitrogens with zero attached hydrogens (tertiary/aromatic N) is 2. The van der Waals surface area contributed by atoms with Gasteiger partial charge in [-0.2, -0.15) is 0 Å². The van der Waals surface area contributed by atoms with Crippen LogP contribution in [0.4, 0.5) is 4.79 Å². The van der Waals surface area contributed by atoms with Crippen LogP contribution in [0.3, 0.4) is 0 Å². The number of hydrogen-bond donors (Lipinski definition) is 0. The van der Waals surface area contributed by atoms with Crippen molar-refractivity contribution in [2.45, 2.75) is 38.9 Å². The highest BCUT2D eigenvalue weighted by Crippen LogP contribution is 2.33. The lowest BCUT2D eigenvalue weighted by atomic mass is 9.92. The zero-order valence-corrected chi connectivity index (χ0v) is 16.8. The molecule has 0 bridgehead atoms. The SMILES string of the molecule is CC(C)(C)OC(=O)N1CC(c2cnccc2OCCOCc2ccccc2)C1. The largest absolute Gasteiger partial charge is 0.491 e. The summed E-state index contributed by atoms with van der Waals surface area (Å²) in [6.45, 7) is 8.38. The van der Waals surface area contributed by atoms with Gasteiger partial charge in [0.25, 0.3) is 0 Å². The smallest absolute Gasteiger partial charge is 0.410 e. The third-order valence-corrected chi connectivity index (χ3v) is 4.38. The third-order valence-electron chi connectivity index (χ3n) is 4.38. The van der Waals surface area contributed by atoms with E-state index in [0.29, 0.717) is 32.9 Å². The molecule has 2 aromatic rings. The lowest BCUT2D eigenvalue weighted by Gasteiger charge is -2.40. The van der Waals surface area contributed by atoms with Gasteiger partial charge in [-0.15, -0.1) is 0 Å². The van der Waals surface area contributed by atoms with E-state index in [1.54, 1.807) is 11.1 Å². The van der Waals surface area contributed by atoms with Crippen LogP contribution in [0, 0.1) is 0 Å². The Labute approximate surface area is 166 Å². The summed E-state index contributed by atoms with van der Waals surface area (Å²) in [5, 5.41) is 0. The first-order valence-corrected chi connectivity index (χ1v) is 9.59. The fourth-order valence-corrected chi connectivity index (χ4v) is 2.96. The summed E-state index contributed by atoms with van der Waals surface area (Å²) in [5.41, 5.74) is 1.68. The third kappa shape index (κ3) is 5.70. The molecule has 0 atom stereocenters. The summed E-state index contributed by atoms with van der Waals surface area (Å²) in [5.74, 6) is 1.01. The average Bonchev–Trinajstić information content (AvgIpc) is 2.61. The minimum Gasteiger partial charge on any atom is -0.491 e. The van der Waals surface area contributed by atoms with Crippen molar-refractivity contribution in [2.75, 3.05) is 26.3 Å². The quantitative estimate of drug-likeness (QED) is 0.675. The van der Waals surface area contributed by atoms with Crippen LogP contribution in [0.1, 0.15) is 37.8 Å². The second-order valence-electron chi connectivity index (χ2n) is 7.88. The van der Waals surface area contributed by atoms with Gasteiger partial charge in [-0.3, -0.25) is 4.98 Å². The molecule has 1 aliphatic rings. The number of benzene rings is 1. The lowest BCUT2D eigenvalue weighted by Crippen LogP contribution is -2.50. The van der Waals surface area contributed by atoms with E-state index in [9.17, 15) is 4.79 Å². The minimum atomic E-state index is -0.482. The van der Waals surface area contributed by atoms with Crippen LogP contribution in [0.2, 0.25) is 0 Å². The van der Waals surface area contributed by atoms with Crippen molar-refractivity contribution in [3.63, 3.8) is 0 Å². The molecule has 1 aromatic carbocycles. The minimum absolute atomic E-state index is 0.210. The molecule has 1 saturated heterocycles. The molecular formula is C22H28N2O4. The van der Waals surface area contributed by atoms with E-state index in [1.807, 2.05) is 63.4 Å². The highest BCUT2D eigenvalue weighted by Gasteiger charge is 2.36. The Morgan fingerprint density at radius 3 is 2.61 bits per heavy atom. The second kappa shape index (κ2) is 9.06. The van der Waals surface area contributed by atoms with Gasteiger partial charge >= 0.3 is 6.09 Å². The molecule has 6 nitrogen and oxygen atoms in total. The van der Waals surface area contributed by atoms with Crippen molar-refractivity contribution in [2.24, 2.45) is 0 Å². The maximum absolute atomic E-state index is 12.1. The number of aromatic nitrogens is 1. The van der Waals surface area contributed by atoms with Gasteiger partial charge in [0.05, 0.1) is 13.2 Å². The number of rotatable bonds is 7. The van der Waals surface area contributed by atoms with Gasteiger partial charge in [-0.05, 0) is 32.4 Å². The van der Waals surface area contributed by atoms with Crippen LogP contribution in [-0.2, 0) is 16.1 Å². The average molecular weight is 384 g/mol. The van der Waals surface area contributed by atoms with Crippen molar-refractivity contribution in [3.8, 4) is 5.75 Å². The molecule has 28 heavy (non-hydrogen) atoms. The molecule has 6 heteroatoms. The molecular weight excluding hydrogens is 356 g/mol. The van der Waals surface area contributed by atoms with Gasteiger partial charge < -0.3 is 19.1 Å². The number of carbonyl (C=O) groups is 1. The molecule has 0 saturated carbocycles. The Hall–Kier alpha value is -2.60. The number of amides is 1. The van der Waals surface area contributed by atoms with Gasteiger partial charge in [-0.1, -0.05) is 30.3 Å². The standard InChI is InChI=1S/C22H28N2O4/c1-22(2,3)28-21(25)24-14-18(15-24)19-13-23-10-9-20(19)27-12-11-26-16-17-7-5-4-6-8-17/h4-10,13,18H,11-12,14-16H2,1-3H3. The summed E-state index contributed by atoms with van der Waals surface area (Å²) in [6.07, 6.45) is 3.26. The van der Waals surface area contributed by atoms with Gasteiger partial charge in [0.1, 0.15) is 18.0 Å². The molecule has 0 aliphatic carbocycles. The lowest BCUT2D eigenvalue weighted by molar-refractivity contribution is 0.00785. The predicted molar refractivity (Wildman–Crippen MR) is 106 cm³/mol. The van der Waals surface area contributed by atoms with Crippen molar-refractivity contribution in [1.82, 2.24) is 9.88 Å². The Morgan fingerprint density at radius 2 is 1.89 bits per heavy atom. The Kier molecular flexibility index (Phi) is 6.52. The van der Waals surface area contributed by atoms with E-state index in [-0.39, 0.29) is 12.0 Å². The van der Waals surface area contributed by atoms with Crippen molar-refractivity contribution in [3.05, 3.63) is 59.9 Å². The molecule has 2 heterocycles. The van der Waals surface area contributed by atoms with Crippen LogP contribution >= 0.6 is 0 Å². The normalized spacial score (nSPS) is 14.5. The summed E-state index contributed by atoms with van der Waals surface area (Å²) in [7, 11) is 0. The van der Waals surface area contributed by atoms with Gasteiger partial charge in [0, 0.05) is 37.0 Å². The number of pyridine rings is 1. The predicted octanol–water partition coefficient (Wildman–Crippen LogP) is 4.01. The summed E-state index contributed by atoms with van der Waals surface area (Å²) >= 11 is 0. The number of likely N-dealkylation sites (tertiary alicyclic amines) is 1. The van der Waals surface area contributed by atoms with E-state index < -0.39 is 5.60 Å². The van der Waals surface area contributed by atoms with Crippen LogP contribution in [-0.4, -0.2) is 47.9 Å². The highest BCUT2D eigenvalue weighted by atomic mass is 16.6. The maximum atomic E-state index is 12.1. The molecule has 1 aromatic heterocycles. The molecule has 1 fully saturated rings. The summed E-state index contributed by atoms with van der Waals surface area (Å²) in [6, 6.07) is 11.9. The number of carbonyl (C=O) groups excluding carboxylic acids is 1. The fourth-order valence-electron chi connectivity index (χ4n) is 2.96. The molecule has 150 valence electrons. The maximum Gasteiger partial charge on any atom is 0.410 e. The summed E-state index contributed by atoms with van der Waals surface area (Å²) < 4.78 is 17.0. The number of hydrogen-bond acceptors (Lipinski definition) is 5. The van der Waals surface area contributed by atoms with Crippen LogP contribution in [0.15, 0.2) is 48.8 Å². The molecule has 1 amide bonds. The van der Waals surface area contributed by atoms with Crippen LogP contribution in [0.5, 0.6) is 5.75 Å². The molecule has 0 unspecified atom stereocenters. The Morgan fingerprint density at radius 1 is 1.14 bits per heavy atom. The van der Waals surface area contributed by atoms with Gasteiger partial charge in [0.15, 0.2) is 0 Å². The topological polar surface area (TPSA) is 60.9 Å². The van der Waals surface area contributed by atoms with E-state index in [4.69, 9.17) is 14.2 Å². The molecule has 0 spiro atoms. The Bertz CT molecular complexity index is 768. The van der Waals surface area contributed by atoms with Crippen molar-refractivity contribution in [1.29, 1.82) is 0 Å².